The number of carbonyl (C=O) groups is 1. The Labute approximate surface area is 98.1 Å². The van der Waals surface area contributed by atoms with Gasteiger partial charge in [0.05, 0.1) is 12.0 Å². The molecule has 2 aromatic rings. The molecule has 0 aromatic carbocycles. The molecular formula is C12H11N3O2. The van der Waals surface area contributed by atoms with Crippen LogP contribution in [0.5, 0.6) is 0 Å². The molecule has 3 rings (SSSR count). The molecule has 1 amide bonds. The monoisotopic (exact) mass is 229 g/mol. The van der Waals surface area contributed by atoms with Gasteiger partial charge in [0.2, 0.25) is 0 Å². The van der Waals surface area contributed by atoms with Crippen LogP contribution in [0.25, 0.3) is 0 Å². The van der Waals surface area contributed by atoms with E-state index < -0.39 is 0 Å². The normalized spacial score (nSPS) is 14.5. The Morgan fingerprint density at radius 1 is 1.47 bits per heavy atom. The Morgan fingerprint density at radius 2 is 2.41 bits per heavy atom. The molecule has 0 aliphatic carbocycles. The first-order chi connectivity index (χ1) is 8.34. The molecule has 3 heterocycles. The van der Waals surface area contributed by atoms with Gasteiger partial charge in [-0.25, -0.2) is 9.97 Å². The Bertz CT molecular complexity index is 536. The first-order valence-electron chi connectivity index (χ1n) is 5.45. The van der Waals surface area contributed by atoms with Gasteiger partial charge in [-0.1, -0.05) is 0 Å². The molecule has 2 aromatic heterocycles. The van der Waals surface area contributed by atoms with Gasteiger partial charge in [-0.2, -0.15) is 0 Å². The molecule has 1 aliphatic heterocycles. The largest absolute Gasteiger partial charge is 0.459 e. The van der Waals surface area contributed by atoms with Crippen LogP contribution in [-0.2, 0) is 13.0 Å². The molecule has 0 saturated heterocycles. The number of aromatic nitrogens is 2. The van der Waals surface area contributed by atoms with Crippen molar-refractivity contribution in [2.24, 2.45) is 0 Å². The van der Waals surface area contributed by atoms with E-state index in [1.807, 2.05) is 0 Å². The lowest BCUT2D eigenvalue weighted by molar-refractivity contribution is 0.0701. The van der Waals surface area contributed by atoms with E-state index in [1.54, 1.807) is 29.6 Å². The highest BCUT2D eigenvalue weighted by atomic mass is 16.3. The molecule has 0 radical (unpaired) electrons. The second-order valence-electron chi connectivity index (χ2n) is 3.95. The summed E-state index contributed by atoms with van der Waals surface area (Å²) in [6.45, 7) is 1.22. The molecule has 17 heavy (non-hydrogen) atoms. The van der Waals surface area contributed by atoms with Crippen molar-refractivity contribution in [3.05, 3.63) is 47.9 Å². The van der Waals surface area contributed by atoms with Gasteiger partial charge in [0, 0.05) is 31.3 Å². The highest BCUT2D eigenvalue weighted by molar-refractivity contribution is 5.91. The minimum absolute atomic E-state index is 0.0792. The summed E-state index contributed by atoms with van der Waals surface area (Å²) in [6.07, 6.45) is 5.59. The molecule has 0 saturated carbocycles. The topological polar surface area (TPSA) is 59.2 Å². The zero-order valence-electron chi connectivity index (χ0n) is 9.17. The van der Waals surface area contributed by atoms with Crippen LogP contribution >= 0.6 is 0 Å². The lowest BCUT2D eigenvalue weighted by Gasteiger charge is -2.26. The molecule has 0 atom stereocenters. The summed E-state index contributed by atoms with van der Waals surface area (Å²) in [7, 11) is 0. The third kappa shape index (κ3) is 1.80. The molecule has 5 heteroatoms. The quantitative estimate of drug-likeness (QED) is 0.738. The number of fused-ring (bicyclic) bond motifs is 1. The summed E-state index contributed by atoms with van der Waals surface area (Å²) in [5.74, 6) is 0.301. The van der Waals surface area contributed by atoms with Gasteiger partial charge >= 0.3 is 0 Å². The lowest BCUT2D eigenvalue weighted by Crippen LogP contribution is -2.36. The summed E-state index contributed by atoms with van der Waals surface area (Å²) in [5, 5.41) is 0. The van der Waals surface area contributed by atoms with Gasteiger partial charge in [0.1, 0.15) is 6.33 Å². The van der Waals surface area contributed by atoms with Crippen molar-refractivity contribution >= 4 is 5.91 Å². The summed E-state index contributed by atoms with van der Waals surface area (Å²) in [6, 6.07) is 3.40. The highest BCUT2D eigenvalue weighted by Gasteiger charge is 2.23. The van der Waals surface area contributed by atoms with Crippen LogP contribution in [0.15, 0.2) is 35.3 Å². The molecular weight excluding hydrogens is 218 g/mol. The van der Waals surface area contributed by atoms with Gasteiger partial charge in [-0.15, -0.1) is 0 Å². The standard InChI is InChI=1S/C12H11N3O2/c16-12(11-2-1-5-17-11)15-4-3-10-9(7-15)6-13-8-14-10/h1-2,5-6,8H,3-4,7H2. The molecule has 0 fully saturated rings. The highest BCUT2D eigenvalue weighted by Crippen LogP contribution is 2.17. The first kappa shape index (κ1) is 10.0. The smallest absolute Gasteiger partial charge is 0.289 e. The van der Waals surface area contributed by atoms with Crippen LogP contribution in [0.1, 0.15) is 21.8 Å². The number of amides is 1. The van der Waals surface area contributed by atoms with Crippen molar-refractivity contribution in [3.8, 4) is 0 Å². The van der Waals surface area contributed by atoms with E-state index in [2.05, 4.69) is 9.97 Å². The van der Waals surface area contributed by atoms with Gasteiger partial charge in [-0.05, 0) is 12.1 Å². The van der Waals surface area contributed by atoms with E-state index in [0.29, 0.717) is 18.8 Å². The first-order valence-corrected chi connectivity index (χ1v) is 5.45. The molecule has 0 bridgehead atoms. The maximum atomic E-state index is 12.1. The van der Waals surface area contributed by atoms with Gasteiger partial charge in [0.15, 0.2) is 5.76 Å². The van der Waals surface area contributed by atoms with Gasteiger partial charge in [0.25, 0.3) is 5.91 Å². The molecule has 0 spiro atoms. The molecule has 1 aliphatic rings. The number of rotatable bonds is 1. The maximum Gasteiger partial charge on any atom is 0.289 e. The molecule has 0 N–H and O–H groups in total. The number of carbonyl (C=O) groups excluding carboxylic acids is 1. The van der Waals surface area contributed by atoms with E-state index in [-0.39, 0.29) is 5.91 Å². The number of hydrogen-bond donors (Lipinski definition) is 0. The van der Waals surface area contributed by atoms with Crippen molar-refractivity contribution in [1.29, 1.82) is 0 Å². The van der Waals surface area contributed by atoms with Crippen LogP contribution in [0.3, 0.4) is 0 Å². The van der Waals surface area contributed by atoms with Crippen molar-refractivity contribution in [1.82, 2.24) is 14.9 Å². The third-order valence-electron chi connectivity index (χ3n) is 2.88. The van der Waals surface area contributed by atoms with Crippen molar-refractivity contribution in [2.75, 3.05) is 6.54 Å². The zero-order chi connectivity index (χ0) is 11.7. The van der Waals surface area contributed by atoms with Gasteiger partial charge < -0.3 is 9.32 Å². The molecule has 86 valence electrons. The second kappa shape index (κ2) is 4.01. The summed E-state index contributed by atoms with van der Waals surface area (Å²) < 4.78 is 5.11. The Kier molecular flexibility index (Phi) is 2.36. The van der Waals surface area contributed by atoms with E-state index in [1.165, 1.54) is 6.26 Å². The average Bonchev–Trinajstić information content (AvgIpc) is 2.91. The van der Waals surface area contributed by atoms with E-state index in [0.717, 1.165) is 17.7 Å². The molecule has 0 unspecified atom stereocenters. The summed E-state index contributed by atoms with van der Waals surface area (Å²) in [4.78, 5) is 22.0. The summed E-state index contributed by atoms with van der Waals surface area (Å²) >= 11 is 0. The van der Waals surface area contributed by atoms with Crippen LogP contribution in [-0.4, -0.2) is 27.3 Å². The Hall–Kier alpha value is -2.17. The van der Waals surface area contributed by atoms with Crippen molar-refractivity contribution < 1.29 is 9.21 Å². The number of furan rings is 1. The van der Waals surface area contributed by atoms with Crippen molar-refractivity contribution in [2.45, 2.75) is 13.0 Å². The van der Waals surface area contributed by atoms with Crippen LogP contribution in [0.2, 0.25) is 0 Å². The third-order valence-corrected chi connectivity index (χ3v) is 2.88. The van der Waals surface area contributed by atoms with Crippen LogP contribution in [0.4, 0.5) is 0 Å². The fourth-order valence-corrected chi connectivity index (χ4v) is 2.00. The minimum Gasteiger partial charge on any atom is -0.459 e. The minimum atomic E-state index is -0.0792. The predicted octanol–water partition coefficient (Wildman–Crippen LogP) is 1.27. The number of hydrogen-bond acceptors (Lipinski definition) is 4. The summed E-state index contributed by atoms with van der Waals surface area (Å²) in [5.41, 5.74) is 2.04. The lowest BCUT2D eigenvalue weighted by atomic mass is 10.1. The predicted molar refractivity (Wildman–Crippen MR) is 59.2 cm³/mol. The van der Waals surface area contributed by atoms with Crippen LogP contribution in [0, 0.1) is 0 Å². The van der Waals surface area contributed by atoms with E-state index >= 15 is 0 Å². The second-order valence-corrected chi connectivity index (χ2v) is 3.95. The fourth-order valence-electron chi connectivity index (χ4n) is 2.00. The molecule has 5 nitrogen and oxygen atoms in total. The SMILES string of the molecule is O=C(c1ccco1)N1CCc2ncncc2C1. The number of nitrogens with zero attached hydrogens (tertiary/aromatic N) is 3. The van der Waals surface area contributed by atoms with Crippen molar-refractivity contribution in [3.63, 3.8) is 0 Å². The van der Waals surface area contributed by atoms with E-state index in [4.69, 9.17) is 4.42 Å². The fraction of sp³-hybridized carbons (Fsp3) is 0.250. The Balaban J connectivity index is 1.83. The Morgan fingerprint density at radius 3 is 3.24 bits per heavy atom. The maximum absolute atomic E-state index is 12.1. The van der Waals surface area contributed by atoms with E-state index in [9.17, 15) is 4.79 Å². The average molecular weight is 229 g/mol. The van der Waals surface area contributed by atoms with Crippen LogP contribution < -0.4 is 0 Å². The van der Waals surface area contributed by atoms with Gasteiger partial charge in [-0.3, -0.25) is 4.79 Å². The zero-order valence-corrected chi connectivity index (χ0v) is 9.17.